The van der Waals surface area contributed by atoms with Gasteiger partial charge in [-0.05, 0) is 30.4 Å². The Hall–Kier alpha value is -1.86. The summed E-state index contributed by atoms with van der Waals surface area (Å²) in [4.78, 5) is 12.9. The van der Waals surface area contributed by atoms with E-state index in [1.165, 1.54) is 31.4 Å². The molecule has 132 valence electrons. The van der Waals surface area contributed by atoms with E-state index in [9.17, 15) is 20.3 Å². The van der Waals surface area contributed by atoms with Crippen molar-refractivity contribution in [3.8, 4) is 11.5 Å². The lowest BCUT2D eigenvalue weighted by molar-refractivity contribution is -0.386. The molecule has 1 aliphatic carbocycles. The lowest BCUT2D eigenvalue weighted by atomic mass is 9.80. The number of phenols is 2. The fourth-order valence-electron chi connectivity index (χ4n) is 4.13. The Morgan fingerprint density at radius 3 is 2.46 bits per heavy atom. The summed E-state index contributed by atoms with van der Waals surface area (Å²) in [7, 11) is 0. The molecular formula is C17H25N3O4. The number of hydrogen-bond donors (Lipinski definition) is 3. The summed E-state index contributed by atoms with van der Waals surface area (Å²) < 4.78 is 0. The molecule has 3 rings (SSSR count). The van der Waals surface area contributed by atoms with Crippen LogP contribution in [0.4, 0.5) is 5.69 Å². The third kappa shape index (κ3) is 3.47. The molecule has 1 heterocycles. The molecule has 0 amide bonds. The fraction of sp³-hybridized carbons (Fsp3) is 0.647. The number of benzene rings is 1. The van der Waals surface area contributed by atoms with Crippen LogP contribution in [0, 0.1) is 16.0 Å². The van der Waals surface area contributed by atoms with Crippen molar-refractivity contribution in [1.82, 2.24) is 10.2 Å². The van der Waals surface area contributed by atoms with Gasteiger partial charge in [-0.15, -0.1) is 0 Å². The first kappa shape index (κ1) is 17.0. The number of nitrogens with zero attached hydrogens (tertiary/aromatic N) is 2. The van der Waals surface area contributed by atoms with Gasteiger partial charge in [-0.2, -0.15) is 0 Å². The minimum atomic E-state index is -0.647. The van der Waals surface area contributed by atoms with Gasteiger partial charge in [0.15, 0.2) is 5.75 Å². The SMILES string of the molecule is O=[N+]([O-])c1cc([C@H](C2CCCCC2)N2CCNCC2)cc(O)c1O. The van der Waals surface area contributed by atoms with E-state index in [2.05, 4.69) is 10.2 Å². The van der Waals surface area contributed by atoms with Crippen molar-refractivity contribution in [2.24, 2.45) is 5.92 Å². The minimum absolute atomic E-state index is 0.0533. The maximum Gasteiger partial charge on any atom is 0.314 e. The summed E-state index contributed by atoms with van der Waals surface area (Å²) >= 11 is 0. The summed E-state index contributed by atoms with van der Waals surface area (Å²) in [5, 5.41) is 34.3. The largest absolute Gasteiger partial charge is 0.504 e. The zero-order valence-electron chi connectivity index (χ0n) is 13.8. The van der Waals surface area contributed by atoms with Crippen molar-refractivity contribution >= 4 is 5.69 Å². The van der Waals surface area contributed by atoms with Crippen LogP contribution >= 0.6 is 0 Å². The Labute approximate surface area is 141 Å². The predicted molar refractivity (Wildman–Crippen MR) is 90.2 cm³/mol. The van der Waals surface area contributed by atoms with Crippen LogP contribution in [0.15, 0.2) is 12.1 Å². The van der Waals surface area contributed by atoms with Crippen molar-refractivity contribution in [3.63, 3.8) is 0 Å². The molecule has 3 N–H and O–H groups in total. The lowest BCUT2D eigenvalue weighted by Gasteiger charge is -2.41. The highest BCUT2D eigenvalue weighted by Gasteiger charge is 2.33. The third-order valence-electron chi connectivity index (χ3n) is 5.27. The van der Waals surface area contributed by atoms with Crippen LogP contribution in [0.1, 0.15) is 43.7 Å². The third-order valence-corrected chi connectivity index (χ3v) is 5.27. The Morgan fingerprint density at radius 2 is 1.83 bits per heavy atom. The number of nitro groups is 1. The van der Waals surface area contributed by atoms with E-state index in [0.717, 1.165) is 44.6 Å². The van der Waals surface area contributed by atoms with E-state index in [4.69, 9.17) is 0 Å². The first-order valence-electron chi connectivity index (χ1n) is 8.73. The maximum absolute atomic E-state index is 11.2. The van der Waals surface area contributed by atoms with Gasteiger partial charge in [-0.3, -0.25) is 15.0 Å². The van der Waals surface area contributed by atoms with E-state index in [0.29, 0.717) is 5.92 Å². The van der Waals surface area contributed by atoms with Crippen molar-refractivity contribution in [1.29, 1.82) is 0 Å². The summed E-state index contributed by atoms with van der Waals surface area (Å²) in [6, 6.07) is 3.00. The Kier molecular flexibility index (Phi) is 5.20. The van der Waals surface area contributed by atoms with Gasteiger partial charge in [0.25, 0.3) is 0 Å². The standard InChI is InChI=1S/C17H25N3O4/c21-15-11-13(10-14(17(15)22)20(23)24)16(12-4-2-1-3-5-12)19-8-6-18-7-9-19/h10-12,16,18,21-22H,1-9H2/t16-/m0/s1. The summed E-state index contributed by atoms with van der Waals surface area (Å²) in [6.45, 7) is 3.57. The molecule has 2 fully saturated rings. The number of nitro benzene ring substituents is 1. The minimum Gasteiger partial charge on any atom is -0.504 e. The van der Waals surface area contributed by atoms with Crippen molar-refractivity contribution in [3.05, 3.63) is 27.8 Å². The van der Waals surface area contributed by atoms with Crippen LogP contribution < -0.4 is 5.32 Å². The lowest BCUT2D eigenvalue weighted by Crippen LogP contribution is -2.47. The molecule has 24 heavy (non-hydrogen) atoms. The van der Waals surface area contributed by atoms with Gasteiger partial charge >= 0.3 is 5.69 Å². The van der Waals surface area contributed by atoms with Crippen LogP contribution in [0.5, 0.6) is 11.5 Å². The van der Waals surface area contributed by atoms with Gasteiger partial charge in [-0.1, -0.05) is 19.3 Å². The van der Waals surface area contributed by atoms with Gasteiger partial charge in [0.05, 0.1) is 4.92 Å². The highest BCUT2D eigenvalue weighted by Crippen LogP contribution is 2.44. The van der Waals surface area contributed by atoms with Gasteiger partial charge in [0, 0.05) is 38.3 Å². The number of rotatable bonds is 4. The molecule has 2 aliphatic rings. The highest BCUT2D eigenvalue weighted by atomic mass is 16.6. The van der Waals surface area contributed by atoms with Gasteiger partial charge in [0.2, 0.25) is 5.75 Å². The van der Waals surface area contributed by atoms with Crippen LogP contribution in [-0.2, 0) is 0 Å². The zero-order chi connectivity index (χ0) is 17.1. The molecule has 1 saturated heterocycles. The highest BCUT2D eigenvalue weighted by molar-refractivity contribution is 5.57. The Morgan fingerprint density at radius 1 is 1.17 bits per heavy atom. The van der Waals surface area contributed by atoms with Crippen molar-refractivity contribution in [2.45, 2.75) is 38.1 Å². The smallest absolute Gasteiger partial charge is 0.314 e. The second kappa shape index (κ2) is 7.36. The summed E-state index contributed by atoms with van der Waals surface area (Å²) in [6.07, 6.45) is 5.80. The first-order chi connectivity index (χ1) is 11.6. The van der Waals surface area contributed by atoms with E-state index in [-0.39, 0.29) is 6.04 Å². The van der Waals surface area contributed by atoms with Crippen molar-refractivity contribution in [2.75, 3.05) is 26.2 Å². The van der Waals surface area contributed by atoms with E-state index in [1.807, 2.05) is 0 Å². The molecule has 7 nitrogen and oxygen atoms in total. The molecule has 0 radical (unpaired) electrons. The molecule has 0 aromatic heterocycles. The van der Waals surface area contributed by atoms with E-state index in [1.54, 1.807) is 0 Å². The topological polar surface area (TPSA) is 98.9 Å². The van der Waals surface area contributed by atoms with Crippen LogP contribution in [0.2, 0.25) is 0 Å². The van der Waals surface area contributed by atoms with Gasteiger partial charge in [0.1, 0.15) is 0 Å². The van der Waals surface area contributed by atoms with Crippen molar-refractivity contribution < 1.29 is 15.1 Å². The number of piperazine rings is 1. The predicted octanol–water partition coefficient (Wildman–Crippen LogP) is 2.53. The van der Waals surface area contributed by atoms with Crippen LogP contribution in [0.3, 0.4) is 0 Å². The molecule has 7 heteroatoms. The molecule has 1 aromatic rings. The number of hydrogen-bond acceptors (Lipinski definition) is 6. The fourth-order valence-corrected chi connectivity index (χ4v) is 4.13. The number of nitrogens with one attached hydrogen (secondary N) is 1. The molecule has 0 spiro atoms. The second-order valence-corrected chi connectivity index (χ2v) is 6.79. The molecule has 1 aliphatic heterocycles. The normalized spacial score (nSPS) is 21.5. The summed E-state index contributed by atoms with van der Waals surface area (Å²) in [5.41, 5.74) is 0.326. The van der Waals surface area contributed by atoms with Crippen LogP contribution in [0.25, 0.3) is 0 Å². The monoisotopic (exact) mass is 335 g/mol. The molecule has 1 atom stereocenters. The maximum atomic E-state index is 11.2. The van der Waals surface area contributed by atoms with Gasteiger partial charge in [-0.25, -0.2) is 0 Å². The number of aromatic hydroxyl groups is 2. The molecular weight excluding hydrogens is 310 g/mol. The van der Waals surface area contributed by atoms with Crippen LogP contribution in [-0.4, -0.2) is 46.2 Å². The van der Waals surface area contributed by atoms with E-state index < -0.39 is 22.1 Å². The van der Waals surface area contributed by atoms with E-state index >= 15 is 0 Å². The average Bonchev–Trinajstić information content (AvgIpc) is 2.60. The second-order valence-electron chi connectivity index (χ2n) is 6.79. The summed E-state index contributed by atoms with van der Waals surface area (Å²) in [5.74, 6) is -0.623. The Bertz CT molecular complexity index is 578. The Balaban J connectivity index is 1.99. The first-order valence-corrected chi connectivity index (χ1v) is 8.73. The zero-order valence-corrected chi connectivity index (χ0v) is 13.8. The molecule has 0 unspecified atom stereocenters. The molecule has 0 bridgehead atoms. The molecule has 1 aromatic carbocycles. The average molecular weight is 335 g/mol. The van der Waals surface area contributed by atoms with Gasteiger partial charge < -0.3 is 15.5 Å². The number of phenolic OH excluding ortho intramolecular Hbond substituents is 2. The quantitative estimate of drug-likeness (QED) is 0.444. The molecule has 1 saturated carbocycles.